The fraction of sp³-hybridized carbons (Fsp3) is 0.720. The molecule has 30 heavy (non-hydrogen) atoms. The molecular formula is C25H39N3O2. The van der Waals surface area contributed by atoms with Crippen LogP contribution in [0.3, 0.4) is 0 Å². The summed E-state index contributed by atoms with van der Waals surface area (Å²) < 4.78 is 0. The molecule has 3 heterocycles. The predicted octanol–water partition coefficient (Wildman–Crippen LogP) is 3.48. The van der Waals surface area contributed by atoms with Gasteiger partial charge < -0.3 is 19.8 Å². The quantitative estimate of drug-likeness (QED) is 0.803. The largest absolute Gasteiger partial charge is 0.389 e. The molecule has 0 radical (unpaired) electrons. The van der Waals surface area contributed by atoms with E-state index in [1.165, 1.54) is 11.3 Å². The predicted molar refractivity (Wildman–Crippen MR) is 122 cm³/mol. The lowest BCUT2D eigenvalue weighted by atomic mass is 9.71. The van der Waals surface area contributed by atoms with E-state index in [0.29, 0.717) is 17.8 Å². The maximum absolute atomic E-state index is 12.8. The number of rotatable bonds is 5. The second-order valence-electron chi connectivity index (χ2n) is 10.3. The fourth-order valence-corrected chi connectivity index (χ4v) is 5.42. The molecule has 3 aliphatic rings. The molecule has 4 rings (SSSR count). The van der Waals surface area contributed by atoms with Crippen LogP contribution < -0.4 is 4.90 Å². The Kier molecular flexibility index (Phi) is 6.13. The number of benzene rings is 1. The zero-order valence-corrected chi connectivity index (χ0v) is 19.1. The standard InChI is InChI=1S/C25H39N3O2/c1-4-26-13-11-25(30,12-14-26)17-23(29)28-18-24(19-28)9-15-27(16-10-24)22-7-5-21(6-8-22)20(2)3/h5-8,20,30H,4,9-19H2,1-3H3. The first-order chi connectivity index (χ1) is 14.3. The Morgan fingerprint density at radius 2 is 1.60 bits per heavy atom. The Labute approximate surface area is 182 Å². The van der Waals surface area contributed by atoms with Crippen LogP contribution in [0, 0.1) is 5.41 Å². The molecule has 0 saturated carbocycles. The first-order valence-corrected chi connectivity index (χ1v) is 11.9. The van der Waals surface area contributed by atoms with E-state index in [-0.39, 0.29) is 5.91 Å². The third-order valence-electron chi connectivity index (χ3n) is 7.87. The minimum absolute atomic E-state index is 0.153. The highest BCUT2D eigenvalue weighted by Gasteiger charge is 2.48. The first kappa shape index (κ1) is 21.6. The zero-order valence-electron chi connectivity index (χ0n) is 19.1. The minimum atomic E-state index is -0.795. The summed E-state index contributed by atoms with van der Waals surface area (Å²) in [5.41, 5.74) is 2.22. The number of hydrogen-bond acceptors (Lipinski definition) is 4. The third kappa shape index (κ3) is 4.52. The number of piperidine rings is 2. The highest BCUT2D eigenvalue weighted by atomic mass is 16.3. The van der Waals surface area contributed by atoms with Gasteiger partial charge in [-0.15, -0.1) is 0 Å². The lowest BCUT2D eigenvalue weighted by molar-refractivity contribution is -0.151. The van der Waals surface area contributed by atoms with Crippen molar-refractivity contribution in [2.24, 2.45) is 5.41 Å². The number of nitrogens with zero attached hydrogens (tertiary/aromatic N) is 3. The van der Waals surface area contributed by atoms with Gasteiger partial charge in [0.05, 0.1) is 12.0 Å². The first-order valence-electron chi connectivity index (χ1n) is 11.9. The second kappa shape index (κ2) is 8.51. The molecule has 1 spiro atoms. The van der Waals surface area contributed by atoms with E-state index in [2.05, 4.69) is 54.8 Å². The van der Waals surface area contributed by atoms with Gasteiger partial charge in [-0.1, -0.05) is 32.9 Å². The Hall–Kier alpha value is -1.59. The summed E-state index contributed by atoms with van der Waals surface area (Å²) in [7, 11) is 0. The highest BCUT2D eigenvalue weighted by molar-refractivity contribution is 5.78. The molecule has 0 bridgehead atoms. The van der Waals surface area contributed by atoms with Crippen LogP contribution in [0.4, 0.5) is 5.69 Å². The van der Waals surface area contributed by atoms with E-state index < -0.39 is 5.60 Å². The van der Waals surface area contributed by atoms with Gasteiger partial charge in [-0.25, -0.2) is 0 Å². The summed E-state index contributed by atoms with van der Waals surface area (Å²) >= 11 is 0. The fourth-order valence-electron chi connectivity index (χ4n) is 5.42. The van der Waals surface area contributed by atoms with E-state index in [0.717, 1.165) is 71.5 Å². The van der Waals surface area contributed by atoms with Crippen LogP contribution in [0.25, 0.3) is 0 Å². The highest BCUT2D eigenvalue weighted by Crippen LogP contribution is 2.42. The van der Waals surface area contributed by atoms with Gasteiger partial charge in [0.2, 0.25) is 5.91 Å². The van der Waals surface area contributed by atoms with E-state index in [4.69, 9.17) is 0 Å². The van der Waals surface area contributed by atoms with Gasteiger partial charge in [-0.2, -0.15) is 0 Å². The SMILES string of the molecule is CCN1CCC(O)(CC(=O)N2CC3(CCN(c4ccc(C(C)C)cc4)CC3)C2)CC1. The molecule has 5 heteroatoms. The van der Waals surface area contributed by atoms with Crippen molar-refractivity contribution in [3.05, 3.63) is 29.8 Å². The third-order valence-corrected chi connectivity index (χ3v) is 7.87. The van der Waals surface area contributed by atoms with Crippen molar-refractivity contribution in [3.63, 3.8) is 0 Å². The Morgan fingerprint density at radius 3 is 2.13 bits per heavy atom. The molecule has 1 aromatic carbocycles. The van der Waals surface area contributed by atoms with Crippen molar-refractivity contribution in [1.29, 1.82) is 0 Å². The second-order valence-corrected chi connectivity index (χ2v) is 10.3. The van der Waals surface area contributed by atoms with Gasteiger partial charge in [0, 0.05) is 50.4 Å². The maximum Gasteiger partial charge on any atom is 0.225 e. The summed E-state index contributed by atoms with van der Waals surface area (Å²) in [6.45, 7) is 13.3. The molecular weight excluding hydrogens is 374 g/mol. The maximum atomic E-state index is 12.8. The van der Waals surface area contributed by atoms with Crippen molar-refractivity contribution < 1.29 is 9.90 Å². The molecule has 0 aliphatic carbocycles. The molecule has 0 atom stereocenters. The van der Waals surface area contributed by atoms with Crippen LogP contribution in [-0.4, -0.2) is 72.2 Å². The summed E-state index contributed by atoms with van der Waals surface area (Å²) in [6, 6.07) is 9.02. The average molecular weight is 414 g/mol. The summed E-state index contributed by atoms with van der Waals surface area (Å²) in [4.78, 5) is 19.6. The van der Waals surface area contributed by atoms with Gasteiger partial charge in [0.1, 0.15) is 0 Å². The van der Waals surface area contributed by atoms with E-state index in [1.807, 2.05) is 4.90 Å². The van der Waals surface area contributed by atoms with Gasteiger partial charge in [0.25, 0.3) is 0 Å². The molecule has 5 nitrogen and oxygen atoms in total. The number of aliphatic hydroxyl groups is 1. The van der Waals surface area contributed by atoms with Gasteiger partial charge in [-0.05, 0) is 55.8 Å². The molecule has 1 N–H and O–H groups in total. The van der Waals surface area contributed by atoms with Crippen molar-refractivity contribution in [1.82, 2.24) is 9.80 Å². The Morgan fingerprint density at radius 1 is 1.00 bits per heavy atom. The lowest BCUT2D eigenvalue weighted by Crippen LogP contribution is -2.62. The topological polar surface area (TPSA) is 47.0 Å². The summed E-state index contributed by atoms with van der Waals surface area (Å²) in [5, 5.41) is 10.9. The number of carbonyl (C=O) groups is 1. The van der Waals surface area contributed by atoms with Gasteiger partial charge >= 0.3 is 0 Å². The van der Waals surface area contributed by atoms with Crippen LogP contribution in [0.5, 0.6) is 0 Å². The van der Waals surface area contributed by atoms with Crippen molar-refractivity contribution in [2.45, 2.75) is 64.4 Å². The molecule has 3 aliphatic heterocycles. The van der Waals surface area contributed by atoms with Gasteiger partial charge in [-0.3, -0.25) is 4.79 Å². The molecule has 0 aromatic heterocycles. The van der Waals surface area contributed by atoms with Crippen molar-refractivity contribution in [2.75, 3.05) is 50.7 Å². The number of likely N-dealkylation sites (tertiary alicyclic amines) is 2. The van der Waals surface area contributed by atoms with Crippen LogP contribution >= 0.6 is 0 Å². The average Bonchev–Trinajstić information content (AvgIpc) is 2.72. The van der Waals surface area contributed by atoms with E-state index in [9.17, 15) is 9.90 Å². The Bertz CT molecular complexity index is 721. The molecule has 1 amide bonds. The number of carbonyl (C=O) groups excluding carboxylic acids is 1. The smallest absolute Gasteiger partial charge is 0.225 e. The van der Waals surface area contributed by atoms with Gasteiger partial charge in [0.15, 0.2) is 0 Å². The molecule has 3 fully saturated rings. The minimum Gasteiger partial charge on any atom is -0.389 e. The van der Waals surface area contributed by atoms with E-state index in [1.54, 1.807) is 0 Å². The molecule has 0 unspecified atom stereocenters. The number of hydrogen-bond donors (Lipinski definition) is 1. The van der Waals surface area contributed by atoms with Crippen molar-refractivity contribution in [3.8, 4) is 0 Å². The van der Waals surface area contributed by atoms with Crippen LogP contribution in [-0.2, 0) is 4.79 Å². The number of amides is 1. The van der Waals surface area contributed by atoms with Crippen LogP contribution in [0.15, 0.2) is 24.3 Å². The monoisotopic (exact) mass is 413 g/mol. The zero-order chi connectivity index (χ0) is 21.4. The lowest BCUT2D eigenvalue weighted by Gasteiger charge is -2.54. The molecule has 3 saturated heterocycles. The normalized spacial score (nSPS) is 23.6. The van der Waals surface area contributed by atoms with Crippen LogP contribution in [0.2, 0.25) is 0 Å². The molecule has 1 aromatic rings. The Balaban J connectivity index is 1.24. The van der Waals surface area contributed by atoms with Crippen LogP contribution in [0.1, 0.15) is 64.4 Å². The van der Waals surface area contributed by atoms with E-state index >= 15 is 0 Å². The molecule has 166 valence electrons. The number of anilines is 1. The summed E-state index contributed by atoms with van der Waals surface area (Å²) in [6.07, 6.45) is 4.04. The van der Waals surface area contributed by atoms with Crippen molar-refractivity contribution >= 4 is 11.6 Å². The summed E-state index contributed by atoms with van der Waals surface area (Å²) in [5.74, 6) is 0.721.